The molecule has 4 heterocycles. The molecule has 1 unspecified atom stereocenters. The Morgan fingerprint density at radius 1 is 1.18 bits per heavy atom. The summed E-state index contributed by atoms with van der Waals surface area (Å²) in [6.45, 7) is 9.32. The third kappa shape index (κ3) is 4.35. The predicted octanol–water partition coefficient (Wildman–Crippen LogP) is 0.216. The Morgan fingerprint density at radius 3 is 2.67 bits per heavy atom. The predicted molar refractivity (Wildman–Crippen MR) is 123 cm³/mol. The lowest BCUT2D eigenvalue weighted by Crippen LogP contribution is -2.48. The van der Waals surface area contributed by atoms with E-state index < -0.39 is 0 Å². The van der Waals surface area contributed by atoms with Crippen molar-refractivity contribution in [2.45, 2.75) is 25.7 Å². The average molecular weight is 449 g/mol. The Morgan fingerprint density at radius 2 is 2.00 bits per heavy atom. The highest BCUT2D eigenvalue weighted by Gasteiger charge is 2.28. The number of aromatic amines is 1. The Kier molecular flexibility index (Phi) is 5.62. The number of H-pyrrole nitrogens is 1. The van der Waals surface area contributed by atoms with Crippen LogP contribution in [0.1, 0.15) is 31.4 Å². The first-order chi connectivity index (χ1) is 16.0. The monoisotopic (exact) mass is 448 g/mol. The summed E-state index contributed by atoms with van der Waals surface area (Å²) in [5.74, 6) is 1.49. The van der Waals surface area contributed by atoms with Crippen LogP contribution in [0.2, 0.25) is 0 Å². The minimum atomic E-state index is -0.0300. The zero-order chi connectivity index (χ0) is 22.9. The first-order valence-corrected chi connectivity index (χ1v) is 11.3. The molecule has 0 spiro atoms. The molecule has 9 heteroatoms. The van der Waals surface area contributed by atoms with Crippen molar-refractivity contribution in [3.8, 4) is 0 Å². The van der Waals surface area contributed by atoms with Gasteiger partial charge in [0.2, 0.25) is 11.8 Å². The minimum absolute atomic E-state index is 0.0251. The average Bonchev–Trinajstić information content (AvgIpc) is 3.48. The van der Waals surface area contributed by atoms with Gasteiger partial charge < -0.3 is 24.8 Å². The van der Waals surface area contributed by atoms with Crippen molar-refractivity contribution in [2.75, 3.05) is 37.6 Å². The summed E-state index contributed by atoms with van der Waals surface area (Å²) < 4.78 is 6.17. The Bertz CT molecular complexity index is 1190. The van der Waals surface area contributed by atoms with Crippen LogP contribution in [-0.2, 0) is 14.3 Å². The van der Waals surface area contributed by atoms with Gasteiger partial charge in [-0.2, -0.15) is 0 Å². The van der Waals surface area contributed by atoms with Gasteiger partial charge in [0.1, 0.15) is 16.9 Å². The van der Waals surface area contributed by atoms with E-state index in [2.05, 4.69) is 45.0 Å². The van der Waals surface area contributed by atoms with Gasteiger partial charge in [-0.3, -0.25) is 14.6 Å². The highest BCUT2D eigenvalue weighted by molar-refractivity contribution is 5.78. The second-order valence-electron chi connectivity index (χ2n) is 8.77. The van der Waals surface area contributed by atoms with E-state index in [-0.39, 0.29) is 23.7 Å². The fourth-order valence-electron chi connectivity index (χ4n) is 4.65. The number of pyridine rings is 1. The second-order valence-corrected chi connectivity index (χ2v) is 8.77. The normalized spacial score (nSPS) is 22.5. The van der Waals surface area contributed by atoms with E-state index in [9.17, 15) is 9.59 Å². The van der Waals surface area contributed by atoms with E-state index in [1.165, 1.54) is 0 Å². The molecular weight excluding hydrogens is 420 g/mol. The van der Waals surface area contributed by atoms with Crippen LogP contribution in [-0.4, -0.2) is 64.4 Å². The highest BCUT2D eigenvalue weighted by atomic mass is 16.5. The number of imidazole rings is 1. The molecule has 0 aromatic carbocycles. The van der Waals surface area contributed by atoms with Crippen LogP contribution in [0.5, 0.6) is 0 Å². The van der Waals surface area contributed by atoms with Crippen LogP contribution >= 0.6 is 0 Å². The number of piperazine rings is 1. The van der Waals surface area contributed by atoms with Crippen LogP contribution in [0.25, 0.3) is 11.8 Å². The van der Waals surface area contributed by atoms with Crippen LogP contribution in [0.4, 0.5) is 5.69 Å². The molecule has 2 saturated heterocycles. The largest absolute Gasteiger partial charge is 0.464 e. The van der Waals surface area contributed by atoms with Gasteiger partial charge in [-0.1, -0.05) is 6.58 Å². The molecule has 2 amide bonds. The molecule has 2 aliphatic heterocycles. The van der Waals surface area contributed by atoms with Crippen molar-refractivity contribution in [3.63, 3.8) is 0 Å². The first kappa shape index (κ1) is 21.2. The molecule has 172 valence electrons. The zero-order valence-corrected chi connectivity index (χ0v) is 18.7. The van der Waals surface area contributed by atoms with Crippen molar-refractivity contribution in [1.29, 1.82) is 0 Å². The quantitative estimate of drug-likeness (QED) is 0.634. The van der Waals surface area contributed by atoms with Gasteiger partial charge in [0.25, 0.3) is 0 Å². The van der Waals surface area contributed by atoms with Gasteiger partial charge in [-0.15, -0.1) is 0 Å². The summed E-state index contributed by atoms with van der Waals surface area (Å²) in [4.78, 5) is 39.6. The fourth-order valence-corrected chi connectivity index (χ4v) is 4.65. The molecule has 0 radical (unpaired) electrons. The molecule has 9 nitrogen and oxygen atoms in total. The summed E-state index contributed by atoms with van der Waals surface area (Å²) in [7, 11) is 0. The maximum Gasteiger partial charge on any atom is 0.220 e. The lowest BCUT2D eigenvalue weighted by Gasteiger charge is -2.35. The van der Waals surface area contributed by atoms with Crippen molar-refractivity contribution in [3.05, 3.63) is 53.4 Å². The number of anilines is 1. The summed E-state index contributed by atoms with van der Waals surface area (Å²) in [5.41, 5.74) is 2.01. The van der Waals surface area contributed by atoms with E-state index in [0.29, 0.717) is 25.1 Å². The molecule has 2 aromatic rings. The third-order valence-electron chi connectivity index (χ3n) is 6.63. The Balaban J connectivity index is 1.30. The van der Waals surface area contributed by atoms with E-state index in [0.717, 1.165) is 54.0 Å². The number of carbonyl (C=O) groups excluding carboxylic acids is 2. The van der Waals surface area contributed by atoms with Gasteiger partial charge in [0, 0.05) is 70.0 Å². The number of fused-ring (bicyclic) bond motifs is 1. The summed E-state index contributed by atoms with van der Waals surface area (Å²) in [6, 6.07) is 4.15. The first-order valence-electron chi connectivity index (χ1n) is 11.3. The maximum atomic E-state index is 11.6. The topological polar surface area (TPSA) is 103 Å². The Labute approximate surface area is 191 Å². The number of rotatable bonds is 5. The second kappa shape index (κ2) is 8.73. The number of nitrogens with one attached hydrogen (secondary N) is 2. The number of hydrogen-bond acceptors (Lipinski definition) is 6. The number of aromatic nitrogens is 3. The summed E-state index contributed by atoms with van der Waals surface area (Å²) in [6.07, 6.45) is 6.72. The van der Waals surface area contributed by atoms with Crippen LogP contribution in [0, 0.1) is 5.92 Å². The van der Waals surface area contributed by atoms with Crippen molar-refractivity contribution in [2.24, 2.45) is 5.92 Å². The molecule has 1 aliphatic carbocycles. The van der Waals surface area contributed by atoms with E-state index in [4.69, 9.17) is 9.72 Å². The van der Waals surface area contributed by atoms with E-state index in [1.807, 2.05) is 11.1 Å². The van der Waals surface area contributed by atoms with Crippen LogP contribution < -0.4 is 20.9 Å². The van der Waals surface area contributed by atoms with Gasteiger partial charge in [-0.05, 0) is 18.2 Å². The molecule has 3 aliphatic rings. The standard InChI is InChI=1S/C24H28N6O3/c1-15(18-11-23(32)26-12-18)33-22-10-17(9-21-24(22)28-14-27-21)20-4-3-19(13-25-20)30-7-5-29(6-8-30)16(2)31/h3-4,9,13-14,17-18H,1,5-8,10-12H2,2H3,(H,26,32)(H,27,28)/t17?,18-/m1/s1. The molecule has 0 saturated carbocycles. The number of carbonyl (C=O) groups is 2. The minimum Gasteiger partial charge on any atom is -0.464 e. The summed E-state index contributed by atoms with van der Waals surface area (Å²) >= 11 is 0. The highest BCUT2D eigenvalue weighted by Crippen LogP contribution is 2.30. The Hall–Kier alpha value is -3.62. The smallest absolute Gasteiger partial charge is 0.220 e. The molecule has 2 N–H and O–H groups in total. The molecular formula is C24H28N6O3. The van der Waals surface area contributed by atoms with Gasteiger partial charge in [0.15, 0.2) is 0 Å². The number of nitrogens with zero attached hydrogens (tertiary/aromatic N) is 4. The lowest BCUT2D eigenvalue weighted by molar-refractivity contribution is -0.129. The third-order valence-corrected chi connectivity index (χ3v) is 6.63. The fraction of sp³-hybridized carbons (Fsp3) is 0.417. The van der Waals surface area contributed by atoms with Crippen molar-refractivity contribution >= 4 is 29.3 Å². The maximum absolute atomic E-state index is 11.6. The number of amides is 2. The van der Waals surface area contributed by atoms with E-state index in [1.54, 1.807) is 13.3 Å². The van der Waals surface area contributed by atoms with Gasteiger partial charge in [0.05, 0.1) is 23.6 Å². The molecule has 2 atom stereocenters. The summed E-state index contributed by atoms with van der Waals surface area (Å²) in [5, 5.41) is 4.51. The van der Waals surface area contributed by atoms with Gasteiger partial charge >= 0.3 is 0 Å². The van der Waals surface area contributed by atoms with Crippen molar-refractivity contribution in [1.82, 2.24) is 25.2 Å². The van der Waals surface area contributed by atoms with Crippen LogP contribution in [0.3, 0.4) is 0 Å². The molecule has 0 bridgehead atoms. The van der Waals surface area contributed by atoms with Gasteiger partial charge in [-0.25, -0.2) is 4.98 Å². The van der Waals surface area contributed by atoms with Crippen molar-refractivity contribution < 1.29 is 14.3 Å². The molecule has 5 rings (SSSR count). The molecule has 33 heavy (non-hydrogen) atoms. The molecule has 2 aromatic heterocycles. The van der Waals surface area contributed by atoms with E-state index >= 15 is 0 Å². The van der Waals surface area contributed by atoms with Crippen LogP contribution in [0.15, 0.2) is 37.0 Å². The number of hydrogen-bond donors (Lipinski definition) is 2. The SMILES string of the molecule is C=C(OC1=c2nc[nH]c2=CC(c2ccc(N3CCN(C(C)=O)CC3)cn2)C1)[C@H]1CNC(=O)C1. The lowest BCUT2D eigenvalue weighted by atomic mass is 9.95. The molecule has 2 fully saturated rings. The zero-order valence-electron chi connectivity index (χ0n) is 18.7. The number of ether oxygens (including phenoxy) is 1.